The second-order valence-electron chi connectivity index (χ2n) is 14.9. The van der Waals surface area contributed by atoms with Crippen molar-refractivity contribution < 1.29 is 39.6 Å². The molecule has 1 fully saturated rings. The molecule has 0 spiro atoms. The van der Waals surface area contributed by atoms with Gasteiger partial charge in [0, 0.05) is 42.8 Å². The minimum Gasteiger partial charge on any atom is -0.344 e. The summed E-state index contributed by atoms with van der Waals surface area (Å²) < 4.78 is 119. The third-order valence-corrected chi connectivity index (χ3v) is 11.6. The quantitative estimate of drug-likeness (QED) is 0.138. The zero-order valence-electron chi connectivity index (χ0n) is 31.5. The number of alkyl halides is 4. The first-order valence-electron chi connectivity index (χ1n) is 18.4. The predicted octanol–water partition coefficient (Wildman–Crippen LogP) is 6.48. The van der Waals surface area contributed by atoms with E-state index in [2.05, 4.69) is 30.4 Å². The molecule has 14 nitrogen and oxygen atoms in total. The lowest BCUT2D eigenvalue weighted by Gasteiger charge is -2.24. The Morgan fingerprint density at radius 3 is 2.49 bits per heavy atom. The van der Waals surface area contributed by atoms with Gasteiger partial charge in [-0.1, -0.05) is 17.7 Å². The molecule has 4 heterocycles. The summed E-state index contributed by atoms with van der Waals surface area (Å²) >= 11 is 6.61. The first-order chi connectivity index (χ1) is 28.9. The molecule has 1 amide bonds. The highest BCUT2D eigenvalue weighted by Gasteiger charge is 2.67. The number of aryl methyl sites for hydroxylation is 1. The van der Waals surface area contributed by atoms with Crippen LogP contribution in [0.1, 0.15) is 53.1 Å². The number of sulfonamides is 1. The molecule has 314 valence electrons. The van der Waals surface area contributed by atoms with Gasteiger partial charge in [0.2, 0.25) is 15.9 Å². The summed E-state index contributed by atoms with van der Waals surface area (Å²) in [6, 6.07) is 11.7. The highest BCUT2D eigenvalue weighted by Crippen LogP contribution is 2.68. The number of fused-ring (bicyclic) bond motifs is 5. The van der Waals surface area contributed by atoms with Crippen LogP contribution < -0.4 is 15.6 Å². The lowest BCUT2D eigenvalue weighted by Crippen LogP contribution is -2.38. The van der Waals surface area contributed by atoms with E-state index >= 15 is 8.78 Å². The van der Waals surface area contributed by atoms with Crippen LogP contribution in [0.5, 0.6) is 0 Å². The standard InChI is InChI=1S/C39H29ClF6N10O4S/c1-54-33-28(8-7-24(40)31(33)36(52-54)53-61(2,59)60)56-37(49-26-13-18(5-6-21(26)38(56)58)25-4-3-9-47-50-25)27(12-17-10-19(41)14-20(42)11-17)48-29(57)16-55-34-30(32(51-55)35(43)44)22-15-23(22)39(34,45)46/h3-11,13-14,22-23,27,35H,12,15-16H2,1-2H3,(H,48,57)(H,52,53)/t22-,23+,27-/m0/s1. The fourth-order valence-electron chi connectivity index (χ4n) is 8.19. The van der Waals surface area contributed by atoms with Crippen molar-refractivity contribution in [2.45, 2.75) is 43.7 Å². The minimum atomic E-state index is -3.91. The van der Waals surface area contributed by atoms with E-state index in [1.165, 1.54) is 42.2 Å². The van der Waals surface area contributed by atoms with Crippen molar-refractivity contribution >= 4 is 55.2 Å². The monoisotopic (exact) mass is 882 g/mol. The number of carbonyl (C=O) groups excluding carboxylic acids is 1. The Hall–Kier alpha value is -6.35. The van der Waals surface area contributed by atoms with Crippen LogP contribution in [0.25, 0.3) is 38.8 Å². The Kier molecular flexibility index (Phi) is 9.46. The Balaban J connectivity index is 1.26. The van der Waals surface area contributed by atoms with Gasteiger partial charge in [-0.2, -0.15) is 29.2 Å². The fourth-order valence-corrected chi connectivity index (χ4v) is 8.93. The van der Waals surface area contributed by atoms with Crippen molar-refractivity contribution in [2.24, 2.45) is 13.0 Å². The molecule has 7 aromatic rings. The van der Waals surface area contributed by atoms with E-state index in [1.54, 1.807) is 18.2 Å². The van der Waals surface area contributed by atoms with Crippen molar-refractivity contribution in [2.75, 3.05) is 11.0 Å². The molecule has 0 radical (unpaired) electrons. The number of amides is 1. The van der Waals surface area contributed by atoms with Gasteiger partial charge in [-0.25, -0.2) is 31.0 Å². The summed E-state index contributed by atoms with van der Waals surface area (Å²) in [5.41, 5.74) is -1.66. The lowest BCUT2D eigenvalue weighted by molar-refractivity contribution is -0.123. The van der Waals surface area contributed by atoms with Crippen LogP contribution in [0.3, 0.4) is 0 Å². The molecule has 2 aliphatic carbocycles. The van der Waals surface area contributed by atoms with Crippen molar-refractivity contribution in [3.8, 4) is 16.9 Å². The largest absolute Gasteiger partial charge is 0.344 e. The topological polar surface area (TPSA) is 172 Å². The molecule has 0 aliphatic heterocycles. The molecule has 0 unspecified atom stereocenters. The van der Waals surface area contributed by atoms with Crippen LogP contribution in [-0.2, 0) is 40.8 Å². The van der Waals surface area contributed by atoms with Crippen LogP contribution in [0, 0.1) is 17.6 Å². The number of nitrogens with one attached hydrogen (secondary N) is 2. The third kappa shape index (κ3) is 7.03. The number of hydrogen-bond acceptors (Lipinski definition) is 9. The number of rotatable bonds is 11. The van der Waals surface area contributed by atoms with E-state index in [0.717, 1.165) is 23.0 Å². The van der Waals surface area contributed by atoms with Crippen LogP contribution in [0.15, 0.2) is 71.7 Å². The number of aromatic nitrogens is 8. The smallest absolute Gasteiger partial charge is 0.293 e. The molecule has 3 aromatic carbocycles. The van der Waals surface area contributed by atoms with Gasteiger partial charge in [0.25, 0.3) is 17.9 Å². The molecule has 1 saturated carbocycles. The maximum atomic E-state index is 15.5. The van der Waals surface area contributed by atoms with E-state index in [4.69, 9.17) is 16.6 Å². The summed E-state index contributed by atoms with van der Waals surface area (Å²) in [5, 5.41) is 18.8. The molecule has 0 saturated heterocycles. The molecular formula is C39H29ClF6N10O4S. The first kappa shape index (κ1) is 40.1. The minimum absolute atomic E-state index is 0.00591. The summed E-state index contributed by atoms with van der Waals surface area (Å²) in [6.07, 6.45) is -1.32. The summed E-state index contributed by atoms with van der Waals surface area (Å²) in [6.45, 7) is -0.986. The zero-order valence-corrected chi connectivity index (χ0v) is 33.1. The van der Waals surface area contributed by atoms with Gasteiger partial charge < -0.3 is 5.32 Å². The van der Waals surface area contributed by atoms with E-state index in [1.807, 2.05) is 0 Å². The Morgan fingerprint density at radius 1 is 1.05 bits per heavy atom. The molecule has 4 aromatic heterocycles. The van der Waals surface area contributed by atoms with Gasteiger partial charge in [0.1, 0.15) is 35.4 Å². The van der Waals surface area contributed by atoms with E-state index in [-0.39, 0.29) is 61.7 Å². The van der Waals surface area contributed by atoms with Gasteiger partial charge in [-0.15, -0.1) is 0 Å². The van der Waals surface area contributed by atoms with Gasteiger partial charge in [0.05, 0.1) is 50.5 Å². The van der Waals surface area contributed by atoms with Crippen LogP contribution in [0.4, 0.5) is 32.2 Å². The maximum Gasteiger partial charge on any atom is 0.293 e. The Bertz CT molecular complexity index is 3120. The number of halogens is 7. The molecule has 9 rings (SSSR count). The van der Waals surface area contributed by atoms with Gasteiger partial charge >= 0.3 is 0 Å². The average molecular weight is 883 g/mol. The SMILES string of the molecule is Cn1nc(NS(C)(=O)=O)c2c(Cl)ccc(-n3c([C@H](Cc4cc(F)cc(F)c4)NC(=O)Cn4nc(C(F)F)c5c4C(F)(F)[C@@H]4C[C@H]54)nc4cc(-c5cccnn5)ccc4c3=O)c21. The molecule has 22 heteroatoms. The molecule has 2 aliphatic rings. The van der Waals surface area contributed by atoms with Crippen LogP contribution in [0.2, 0.25) is 5.02 Å². The number of carbonyl (C=O) groups is 1. The van der Waals surface area contributed by atoms with Crippen molar-refractivity contribution in [3.63, 3.8) is 0 Å². The maximum absolute atomic E-state index is 15.5. The number of anilines is 1. The van der Waals surface area contributed by atoms with Crippen LogP contribution >= 0.6 is 11.6 Å². The van der Waals surface area contributed by atoms with Crippen molar-refractivity contribution in [1.82, 2.24) is 44.6 Å². The number of hydrogen-bond donors (Lipinski definition) is 2. The molecule has 0 bridgehead atoms. The number of nitrogens with zero attached hydrogens (tertiary/aromatic N) is 8. The third-order valence-electron chi connectivity index (χ3n) is 10.7. The van der Waals surface area contributed by atoms with E-state index in [0.29, 0.717) is 22.0 Å². The summed E-state index contributed by atoms with van der Waals surface area (Å²) in [7, 11) is -2.46. The molecule has 2 N–H and O–H groups in total. The lowest BCUT2D eigenvalue weighted by atomic mass is 10.0. The zero-order chi connectivity index (χ0) is 43.3. The summed E-state index contributed by atoms with van der Waals surface area (Å²) in [5.74, 6) is -9.06. The first-order valence-corrected chi connectivity index (χ1v) is 20.7. The second kappa shape index (κ2) is 14.4. The van der Waals surface area contributed by atoms with Gasteiger partial charge in [-0.3, -0.25) is 28.2 Å². The van der Waals surface area contributed by atoms with E-state index in [9.17, 15) is 35.6 Å². The Morgan fingerprint density at radius 2 is 1.80 bits per heavy atom. The van der Waals surface area contributed by atoms with Crippen LogP contribution in [-0.4, -0.2) is 59.9 Å². The molecule has 61 heavy (non-hydrogen) atoms. The summed E-state index contributed by atoms with van der Waals surface area (Å²) in [4.78, 5) is 33.9. The number of benzene rings is 3. The van der Waals surface area contributed by atoms with Gasteiger partial charge in [-0.05, 0) is 66.4 Å². The second-order valence-corrected chi connectivity index (χ2v) is 17.0. The van der Waals surface area contributed by atoms with Crippen molar-refractivity contribution in [1.29, 1.82) is 0 Å². The van der Waals surface area contributed by atoms with E-state index < -0.39 is 87.7 Å². The fraction of sp³-hybridized carbons (Fsp3) is 0.256. The Labute approximate surface area is 345 Å². The highest BCUT2D eigenvalue weighted by atomic mass is 35.5. The average Bonchev–Trinajstić information content (AvgIpc) is 3.73. The highest BCUT2D eigenvalue weighted by molar-refractivity contribution is 7.92. The van der Waals surface area contributed by atoms with Crippen molar-refractivity contribution in [3.05, 3.63) is 122 Å². The normalized spacial score (nSPS) is 17.1. The molecule has 3 atom stereocenters. The van der Waals surface area contributed by atoms with Gasteiger partial charge in [0.15, 0.2) is 5.82 Å². The molecular weight excluding hydrogens is 854 g/mol. The predicted molar refractivity (Wildman–Crippen MR) is 209 cm³/mol.